The van der Waals surface area contributed by atoms with Crippen molar-refractivity contribution in [3.8, 4) is 0 Å². The lowest BCUT2D eigenvalue weighted by Gasteiger charge is -2.22. The van der Waals surface area contributed by atoms with E-state index in [1.807, 2.05) is 0 Å². The highest BCUT2D eigenvalue weighted by Crippen LogP contribution is 2.22. The molecule has 0 aromatic heterocycles. The van der Waals surface area contributed by atoms with E-state index in [0.29, 0.717) is 17.2 Å². The van der Waals surface area contributed by atoms with Crippen LogP contribution in [0.2, 0.25) is 0 Å². The van der Waals surface area contributed by atoms with E-state index in [-0.39, 0.29) is 5.82 Å². The minimum absolute atomic E-state index is 0.221. The summed E-state index contributed by atoms with van der Waals surface area (Å²) in [5.41, 5.74) is 1.03. The van der Waals surface area contributed by atoms with Crippen molar-refractivity contribution in [2.24, 2.45) is 0 Å². The van der Waals surface area contributed by atoms with Crippen molar-refractivity contribution in [1.82, 2.24) is 0 Å². The van der Waals surface area contributed by atoms with Crippen molar-refractivity contribution in [3.63, 3.8) is 0 Å². The fraction of sp³-hybridized carbons (Fsp3) is 0.538. The molecule has 0 aliphatic heterocycles. The van der Waals surface area contributed by atoms with Crippen LogP contribution in [0, 0.1) is 5.82 Å². The van der Waals surface area contributed by atoms with E-state index >= 15 is 0 Å². The molecule has 1 aliphatic rings. The van der Waals surface area contributed by atoms with Crippen LogP contribution in [0.5, 0.6) is 0 Å². The SMILES string of the molecule is Fc1ccc(COC2CCCCC2)cc1Br. The maximum atomic E-state index is 13.0. The van der Waals surface area contributed by atoms with Gasteiger partial charge < -0.3 is 4.74 Å². The molecule has 1 aliphatic carbocycles. The molecular formula is C13H16BrFO. The Morgan fingerprint density at radius 3 is 2.69 bits per heavy atom. The van der Waals surface area contributed by atoms with Crippen LogP contribution in [0.25, 0.3) is 0 Å². The molecule has 0 N–H and O–H groups in total. The van der Waals surface area contributed by atoms with Crippen LogP contribution >= 0.6 is 15.9 Å². The summed E-state index contributed by atoms with van der Waals surface area (Å²) >= 11 is 3.18. The standard InChI is InChI=1S/C13H16BrFO/c14-12-8-10(6-7-13(12)15)9-16-11-4-2-1-3-5-11/h6-8,11H,1-5,9H2. The zero-order chi connectivity index (χ0) is 11.4. The predicted molar refractivity (Wildman–Crippen MR) is 65.8 cm³/mol. The van der Waals surface area contributed by atoms with Crippen LogP contribution in [0.3, 0.4) is 0 Å². The van der Waals surface area contributed by atoms with Gasteiger partial charge in [0.2, 0.25) is 0 Å². The molecule has 1 aromatic carbocycles. The van der Waals surface area contributed by atoms with Gasteiger partial charge in [0.15, 0.2) is 0 Å². The average molecular weight is 287 g/mol. The lowest BCUT2D eigenvalue weighted by Crippen LogP contribution is -2.16. The first-order chi connectivity index (χ1) is 7.75. The summed E-state index contributed by atoms with van der Waals surface area (Å²) in [4.78, 5) is 0. The number of hydrogen-bond donors (Lipinski definition) is 0. The molecule has 1 saturated carbocycles. The number of ether oxygens (including phenoxy) is 1. The molecule has 0 spiro atoms. The normalized spacial score (nSPS) is 17.6. The van der Waals surface area contributed by atoms with E-state index in [9.17, 15) is 4.39 Å². The minimum atomic E-state index is -0.221. The Labute approximate surface area is 104 Å². The van der Waals surface area contributed by atoms with Gasteiger partial charge in [0.05, 0.1) is 17.2 Å². The zero-order valence-electron chi connectivity index (χ0n) is 9.22. The van der Waals surface area contributed by atoms with Gasteiger partial charge in [0, 0.05) is 0 Å². The monoisotopic (exact) mass is 286 g/mol. The molecule has 2 rings (SSSR count). The van der Waals surface area contributed by atoms with Crippen molar-refractivity contribution in [1.29, 1.82) is 0 Å². The second-order valence-corrected chi connectivity index (χ2v) is 5.17. The molecule has 0 unspecified atom stereocenters. The van der Waals surface area contributed by atoms with E-state index < -0.39 is 0 Å². The first kappa shape index (κ1) is 12.1. The Bertz CT molecular complexity index is 348. The van der Waals surface area contributed by atoms with Gasteiger partial charge in [-0.05, 0) is 46.5 Å². The van der Waals surface area contributed by atoms with Crippen LogP contribution in [0.4, 0.5) is 4.39 Å². The number of benzene rings is 1. The van der Waals surface area contributed by atoms with E-state index in [2.05, 4.69) is 15.9 Å². The molecule has 3 heteroatoms. The second-order valence-electron chi connectivity index (χ2n) is 4.32. The zero-order valence-corrected chi connectivity index (χ0v) is 10.8. The van der Waals surface area contributed by atoms with Gasteiger partial charge in [-0.1, -0.05) is 25.3 Å². The van der Waals surface area contributed by atoms with E-state index in [1.165, 1.54) is 38.2 Å². The molecule has 1 fully saturated rings. The van der Waals surface area contributed by atoms with Crippen LogP contribution in [-0.2, 0) is 11.3 Å². The third-order valence-corrected chi connectivity index (χ3v) is 3.63. The fourth-order valence-electron chi connectivity index (χ4n) is 2.08. The number of hydrogen-bond acceptors (Lipinski definition) is 1. The van der Waals surface area contributed by atoms with Crippen molar-refractivity contribution < 1.29 is 9.13 Å². The lowest BCUT2D eigenvalue weighted by atomic mass is 9.98. The second kappa shape index (κ2) is 5.78. The highest BCUT2D eigenvalue weighted by Gasteiger charge is 2.13. The highest BCUT2D eigenvalue weighted by atomic mass is 79.9. The molecule has 1 nitrogen and oxygen atoms in total. The van der Waals surface area contributed by atoms with Gasteiger partial charge in [-0.15, -0.1) is 0 Å². The van der Waals surface area contributed by atoms with Gasteiger partial charge in [-0.2, -0.15) is 0 Å². The maximum Gasteiger partial charge on any atom is 0.137 e. The quantitative estimate of drug-likeness (QED) is 0.798. The smallest absolute Gasteiger partial charge is 0.137 e. The molecule has 0 amide bonds. The van der Waals surface area contributed by atoms with Gasteiger partial charge in [-0.25, -0.2) is 4.39 Å². The summed E-state index contributed by atoms with van der Waals surface area (Å²) in [5, 5.41) is 0. The number of halogens is 2. The van der Waals surface area contributed by atoms with Gasteiger partial charge in [0.1, 0.15) is 5.82 Å². The molecule has 88 valence electrons. The summed E-state index contributed by atoms with van der Waals surface area (Å²) in [6.07, 6.45) is 6.62. The molecule has 0 heterocycles. The summed E-state index contributed by atoms with van der Waals surface area (Å²) in [7, 11) is 0. The Morgan fingerprint density at radius 1 is 1.25 bits per heavy atom. The Balaban J connectivity index is 1.86. The van der Waals surface area contributed by atoms with Crippen molar-refractivity contribution in [3.05, 3.63) is 34.1 Å². The summed E-state index contributed by atoms with van der Waals surface area (Å²) in [6.45, 7) is 0.587. The molecule has 0 bridgehead atoms. The molecule has 16 heavy (non-hydrogen) atoms. The number of rotatable bonds is 3. The van der Waals surface area contributed by atoms with E-state index in [0.717, 1.165) is 5.56 Å². The van der Waals surface area contributed by atoms with E-state index in [4.69, 9.17) is 4.74 Å². The summed E-state index contributed by atoms with van der Waals surface area (Å²) in [5.74, 6) is -0.221. The fourth-order valence-corrected chi connectivity index (χ4v) is 2.50. The molecular weight excluding hydrogens is 271 g/mol. The Hall–Kier alpha value is -0.410. The summed E-state index contributed by atoms with van der Waals surface area (Å²) in [6, 6.07) is 5.05. The van der Waals surface area contributed by atoms with Gasteiger partial charge >= 0.3 is 0 Å². The summed E-state index contributed by atoms with van der Waals surface area (Å²) < 4.78 is 19.3. The molecule has 0 radical (unpaired) electrons. The third kappa shape index (κ3) is 3.29. The largest absolute Gasteiger partial charge is 0.374 e. The first-order valence-corrected chi connectivity index (χ1v) is 6.60. The van der Waals surface area contributed by atoms with Crippen LogP contribution in [0.15, 0.2) is 22.7 Å². The topological polar surface area (TPSA) is 9.23 Å². The molecule has 0 saturated heterocycles. The Morgan fingerprint density at radius 2 is 2.00 bits per heavy atom. The van der Waals surface area contributed by atoms with Gasteiger partial charge in [-0.3, -0.25) is 0 Å². The van der Waals surface area contributed by atoms with Crippen LogP contribution in [0.1, 0.15) is 37.7 Å². The first-order valence-electron chi connectivity index (χ1n) is 5.81. The molecule has 0 atom stereocenters. The van der Waals surface area contributed by atoms with Gasteiger partial charge in [0.25, 0.3) is 0 Å². The van der Waals surface area contributed by atoms with Crippen molar-refractivity contribution >= 4 is 15.9 Å². The maximum absolute atomic E-state index is 13.0. The highest BCUT2D eigenvalue weighted by molar-refractivity contribution is 9.10. The third-order valence-electron chi connectivity index (χ3n) is 3.02. The lowest BCUT2D eigenvalue weighted by molar-refractivity contribution is 0.0168. The van der Waals surface area contributed by atoms with Crippen LogP contribution in [-0.4, -0.2) is 6.10 Å². The average Bonchev–Trinajstić information content (AvgIpc) is 2.32. The molecule has 1 aromatic rings. The van der Waals surface area contributed by atoms with Crippen molar-refractivity contribution in [2.45, 2.75) is 44.8 Å². The van der Waals surface area contributed by atoms with E-state index in [1.54, 1.807) is 12.1 Å². The minimum Gasteiger partial charge on any atom is -0.374 e. The Kier molecular flexibility index (Phi) is 4.36. The van der Waals surface area contributed by atoms with Crippen LogP contribution < -0.4 is 0 Å². The predicted octanol–water partition coefficient (Wildman–Crippen LogP) is 4.44. The van der Waals surface area contributed by atoms with Crippen molar-refractivity contribution in [2.75, 3.05) is 0 Å².